The lowest BCUT2D eigenvalue weighted by Crippen LogP contribution is -2.01. The molecular weight excluding hydrogens is 250 g/mol. The van der Waals surface area contributed by atoms with Gasteiger partial charge in [0.1, 0.15) is 0 Å². The van der Waals surface area contributed by atoms with Gasteiger partial charge in [-0.15, -0.1) is 0 Å². The molecule has 0 fully saturated rings. The van der Waals surface area contributed by atoms with Crippen LogP contribution in [0.5, 0.6) is 11.5 Å². The average Bonchev–Trinajstić information content (AvgIpc) is 2.71. The second-order valence-electron chi connectivity index (χ2n) is 5.00. The lowest BCUT2D eigenvalue weighted by atomic mass is 10.1. The number of aryl methyl sites for hydroxylation is 1. The molecule has 0 saturated heterocycles. The fourth-order valence-corrected chi connectivity index (χ4v) is 2.29. The summed E-state index contributed by atoms with van der Waals surface area (Å²) in [4.78, 5) is 0. The van der Waals surface area contributed by atoms with Crippen LogP contribution >= 0.6 is 0 Å². The molecule has 0 amide bonds. The molecule has 0 bridgehead atoms. The first-order valence-corrected chi connectivity index (χ1v) is 7.01. The number of para-hydroxylation sites is 1. The van der Waals surface area contributed by atoms with Crippen LogP contribution in [0.2, 0.25) is 0 Å². The van der Waals surface area contributed by atoms with Crippen LogP contribution in [0.1, 0.15) is 17.5 Å². The largest absolute Gasteiger partial charge is 0.490 e. The fraction of sp³-hybridized carbons (Fsp3) is 0.294. The van der Waals surface area contributed by atoms with E-state index in [0.717, 1.165) is 37.7 Å². The average molecular weight is 269 g/mol. The van der Waals surface area contributed by atoms with Crippen LogP contribution in [-0.2, 0) is 6.54 Å². The third kappa shape index (κ3) is 2.87. The van der Waals surface area contributed by atoms with Gasteiger partial charge in [0.15, 0.2) is 11.5 Å². The first-order valence-electron chi connectivity index (χ1n) is 7.01. The Morgan fingerprint density at radius 2 is 1.80 bits per heavy atom. The Hall–Kier alpha value is -2.16. The van der Waals surface area contributed by atoms with E-state index < -0.39 is 0 Å². The van der Waals surface area contributed by atoms with E-state index in [4.69, 9.17) is 9.47 Å². The van der Waals surface area contributed by atoms with E-state index in [2.05, 4.69) is 36.5 Å². The lowest BCUT2D eigenvalue weighted by molar-refractivity contribution is 0.297. The van der Waals surface area contributed by atoms with Gasteiger partial charge in [0, 0.05) is 18.7 Å². The summed E-state index contributed by atoms with van der Waals surface area (Å²) in [6.07, 6.45) is 0.936. The Morgan fingerprint density at radius 1 is 1.00 bits per heavy atom. The molecule has 1 aliphatic heterocycles. The maximum atomic E-state index is 5.71. The fourth-order valence-electron chi connectivity index (χ4n) is 2.29. The van der Waals surface area contributed by atoms with Crippen LogP contribution in [0.3, 0.4) is 0 Å². The van der Waals surface area contributed by atoms with Crippen molar-refractivity contribution >= 4 is 5.69 Å². The zero-order chi connectivity index (χ0) is 13.8. The van der Waals surface area contributed by atoms with Crippen molar-refractivity contribution in [3.8, 4) is 11.5 Å². The van der Waals surface area contributed by atoms with Crippen LogP contribution in [0.15, 0.2) is 42.5 Å². The van der Waals surface area contributed by atoms with Gasteiger partial charge in [0.05, 0.1) is 13.2 Å². The molecule has 1 aliphatic rings. The van der Waals surface area contributed by atoms with Gasteiger partial charge >= 0.3 is 0 Å². The number of anilines is 1. The smallest absolute Gasteiger partial charge is 0.161 e. The third-order valence-electron chi connectivity index (χ3n) is 3.44. The lowest BCUT2D eigenvalue weighted by Gasteiger charge is -2.12. The minimum Gasteiger partial charge on any atom is -0.490 e. The van der Waals surface area contributed by atoms with E-state index in [1.165, 1.54) is 16.8 Å². The predicted octanol–water partition coefficient (Wildman–Crippen LogP) is 3.77. The van der Waals surface area contributed by atoms with Crippen molar-refractivity contribution in [3.63, 3.8) is 0 Å². The molecule has 1 N–H and O–H groups in total. The molecule has 0 saturated carbocycles. The molecule has 2 aromatic rings. The van der Waals surface area contributed by atoms with Gasteiger partial charge in [-0.2, -0.15) is 0 Å². The van der Waals surface area contributed by atoms with Crippen molar-refractivity contribution in [2.24, 2.45) is 0 Å². The third-order valence-corrected chi connectivity index (χ3v) is 3.44. The molecular formula is C17H19NO2. The van der Waals surface area contributed by atoms with E-state index >= 15 is 0 Å². The number of fused-ring (bicyclic) bond motifs is 1. The molecule has 0 aromatic heterocycles. The highest BCUT2D eigenvalue weighted by molar-refractivity contribution is 5.51. The summed E-state index contributed by atoms with van der Waals surface area (Å²) in [7, 11) is 0. The maximum Gasteiger partial charge on any atom is 0.161 e. The molecule has 2 aromatic carbocycles. The molecule has 0 atom stereocenters. The van der Waals surface area contributed by atoms with Crippen LogP contribution in [0, 0.1) is 6.92 Å². The standard InChI is InChI=1S/C17H19NO2/c1-13-5-2-3-6-15(13)18-12-14-7-8-16-17(11-14)20-10-4-9-19-16/h2-3,5-8,11,18H,4,9-10,12H2,1H3. The zero-order valence-corrected chi connectivity index (χ0v) is 11.7. The first kappa shape index (κ1) is 12.9. The van der Waals surface area contributed by atoms with Crippen LogP contribution in [-0.4, -0.2) is 13.2 Å². The molecule has 20 heavy (non-hydrogen) atoms. The van der Waals surface area contributed by atoms with Crippen molar-refractivity contribution < 1.29 is 9.47 Å². The molecule has 0 aliphatic carbocycles. The van der Waals surface area contributed by atoms with Gasteiger partial charge in [-0.25, -0.2) is 0 Å². The molecule has 0 radical (unpaired) electrons. The van der Waals surface area contributed by atoms with Crippen molar-refractivity contribution in [3.05, 3.63) is 53.6 Å². The second kappa shape index (κ2) is 5.87. The van der Waals surface area contributed by atoms with Crippen molar-refractivity contribution in [2.45, 2.75) is 19.9 Å². The molecule has 3 nitrogen and oxygen atoms in total. The van der Waals surface area contributed by atoms with Crippen LogP contribution < -0.4 is 14.8 Å². The van der Waals surface area contributed by atoms with E-state index in [1.54, 1.807) is 0 Å². The minimum atomic E-state index is 0.724. The Morgan fingerprint density at radius 3 is 2.65 bits per heavy atom. The SMILES string of the molecule is Cc1ccccc1NCc1ccc2c(c1)OCCCO2. The van der Waals surface area contributed by atoms with E-state index in [-0.39, 0.29) is 0 Å². The highest BCUT2D eigenvalue weighted by Crippen LogP contribution is 2.30. The molecule has 104 valence electrons. The van der Waals surface area contributed by atoms with E-state index in [0.29, 0.717) is 0 Å². The quantitative estimate of drug-likeness (QED) is 0.920. The van der Waals surface area contributed by atoms with Crippen molar-refractivity contribution in [1.29, 1.82) is 0 Å². The van der Waals surface area contributed by atoms with Gasteiger partial charge in [0.2, 0.25) is 0 Å². The highest BCUT2D eigenvalue weighted by atomic mass is 16.5. The number of ether oxygens (including phenoxy) is 2. The Labute approximate surface area is 119 Å². The summed E-state index contributed by atoms with van der Waals surface area (Å²) in [5.74, 6) is 1.70. The summed E-state index contributed by atoms with van der Waals surface area (Å²) >= 11 is 0. The molecule has 0 spiro atoms. The van der Waals surface area contributed by atoms with E-state index in [9.17, 15) is 0 Å². The van der Waals surface area contributed by atoms with Crippen LogP contribution in [0.25, 0.3) is 0 Å². The van der Waals surface area contributed by atoms with E-state index in [1.807, 2.05) is 18.2 Å². The summed E-state index contributed by atoms with van der Waals surface area (Å²) in [6.45, 7) is 4.34. The van der Waals surface area contributed by atoms with Crippen LogP contribution in [0.4, 0.5) is 5.69 Å². The summed E-state index contributed by atoms with van der Waals surface area (Å²) in [5.41, 5.74) is 3.61. The second-order valence-corrected chi connectivity index (χ2v) is 5.00. The maximum absolute atomic E-state index is 5.71. The summed E-state index contributed by atoms with van der Waals surface area (Å²) in [6, 6.07) is 14.4. The Balaban J connectivity index is 1.72. The van der Waals surface area contributed by atoms with Crippen molar-refractivity contribution in [2.75, 3.05) is 18.5 Å². The van der Waals surface area contributed by atoms with Gasteiger partial charge in [-0.05, 0) is 36.2 Å². The number of hydrogen-bond acceptors (Lipinski definition) is 3. The summed E-state index contributed by atoms with van der Waals surface area (Å²) < 4.78 is 11.4. The minimum absolute atomic E-state index is 0.724. The molecule has 3 heteroatoms. The van der Waals surface area contributed by atoms with Gasteiger partial charge in [0.25, 0.3) is 0 Å². The first-order chi connectivity index (χ1) is 9.83. The predicted molar refractivity (Wildman–Crippen MR) is 80.6 cm³/mol. The number of hydrogen-bond donors (Lipinski definition) is 1. The normalized spacial score (nSPS) is 13.7. The monoisotopic (exact) mass is 269 g/mol. The van der Waals surface area contributed by atoms with Gasteiger partial charge < -0.3 is 14.8 Å². The number of rotatable bonds is 3. The molecule has 1 heterocycles. The zero-order valence-electron chi connectivity index (χ0n) is 11.7. The topological polar surface area (TPSA) is 30.5 Å². The van der Waals surface area contributed by atoms with Crippen molar-refractivity contribution in [1.82, 2.24) is 0 Å². The molecule has 0 unspecified atom stereocenters. The Bertz CT molecular complexity index is 595. The number of benzene rings is 2. The number of nitrogens with one attached hydrogen (secondary N) is 1. The molecule has 3 rings (SSSR count). The Kier molecular flexibility index (Phi) is 3.77. The van der Waals surface area contributed by atoms with Gasteiger partial charge in [-0.3, -0.25) is 0 Å². The van der Waals surface area contributed by atoms with Gasteiger partial charge in [-0.1, -0.05) is 24.3 Å². The summed E-state index contributed by atoms with van der Waals surface area (Å²) in [5, 5.41) is 3.46. The highest BCUT2D eigenvalue weighted by Gasteiger charge is 2.10.